The van der Waals surface area contributed by atoms with Crippen molar-refractivity contribution in [3.05, 3.63) is 65.0 Å². The van der Waals surface area contributed by atoms with Crippen LogP contribution in [0.15, 0.2) is 42.7 Å². The minimum absolute atomic E-state index is 0.708. The third-order valence-electron chi connectivity index (χ3n) is 4.31. The molecule has 0 N–H and O–H groups in total. The lowest BCUT2D eigenvalue weighted by Gasteiger charge is -2.07. The van der Waals surface area contributed by atoms with Gasteiger partial charge >= 0.3 is 0 Å². The largest absolute Gasteiger partial charge is 0.327 e. The number of pyridine rings is 1. The first kappa shape index (κ1) is 12.3. The third-order valence-corrected chi connectivity index (χ3v) is 4.31. The molecule has 21 heavy (non-hydrogen) atoms. The monoisotopic (exact) mass is 276 g/mol. The van der Waals surface area contributed by atoms with E-state index in [-0.39, 0.29) is 0 Å². The average Bonchev–Trinajstić information content (AvgIpc) is 3.12. The molecule has 4 rings (SSSR count). The van der Waals surface area contributed by atoms with Gasteiger partial charge in [-0.2, -0.15) is 0 Å². The minimum atomic E-state index is 0.708. The Labute approximate surface area is 123 Å². The summed E-state index contributed by atoms with van der Waals surface area (Å²) in [6, 6.07) is 10.6. The summed E-state index contributed by atoms with van der Waals surface area (Å²) in [4.78, 5) is 15.6. The lowest BCUT2D eigenvalue weighted by Crippen LogP contribution is -2.00. The fraction of sp³-hybridized carbons (Fsp3) is 0.222. The smallest absolute Gasteiger partial charge is 0.152 e. The van der Waals surface area contributed by atoms with E-state index in [0.29, 0.717) is 5.56 Å². The zero-order valence-corrected chi connectivity index (χ0v) is 11.7. The Balaban J connectivity index is 1.76. The SMILES string of the molecule is O=Cc1cn(Cc2ccc3c(c2)CCC3)c2ncccc12. The maximum absolute atomic E-state index is 11.2. The van der Waals surface area contributed by atoms with Gasteiger partial charge in [0.15, 0.2) is 6.29 Å². The standard InChI is InChI=1S/C18H16N2O/c21-12-16-11-20(18-17(16)5-2-8-19-18)10-13-6-7-14-3-1-4-15(14)9-13/h2,5-9,11-12H,1,3-4,10H2. The Kier molecular flexibility index (Phi) is 2.85. The van der Waals surface area contributed by atoms with Crippen LogP contribution in [0.4, 0.5) is 0 Å². The van der Waals surface area contributed by atoms with Gasteiger partial charge in [-0.3, -0.25) is 4.79 Å². The van der Waals surface area contributed by atoms with E-state index in [2.05, 4.69) is 27.8 Å². The van der Waals surface area contributed by atoms with Crippen molar-refractivity contribution in [1.82, 2.24) is 9.55 Å². The van der Waals surface area contributed by atoms with Gasteiger partial charge in [0, 0.05) is 29.9 Å². The van der Waals surface area contributed by atoms with Crippen molar-refractivity contribution in [3.8, 4) is 0 Å². The van der Waals surface area contributed by atoms with E-state index < -0.39 is 0 Å². The van der Waals surface area contributed by atoms with Crippen LogP contribution in [0.1, 0.15) is 33.5 Å². The maximum Gasteiger partial charge on any atom is 0.152 e. The van der Waals surface area contributed by atoms with Gasteiger partial charge in [0.05, 0.1) is 0 Å². The van der Waals surface area contributed by atoms with E-state index in [0.717, 1.165) is 23.9 Å². The number of rotatable bonds is 3. The fourth-order valence-corrected chi connectivity index (χ4v) is 3.28. The predicted molar refractivity (Wildman–Crippen MR) is 82.7 cm³/mol. The Morgan fingerprint density at radius 2 is 2.10 bits per heavy atom. The molecule has 0 amide bonds. The molecule has 0 aliphatic heterocycles. The summed E-state index contributed by atoms with van der Waals surface area (Å²) >= 11 is 0. The highest BCUT2D eigenvalue weighted by molar-refractivity contribution is 5.95. The second-order valence-corrected chi connectivity index (χ2v) is 5.66. The summed E-state index contributed by atoms with van der Waals surface area (Å²) < 4.78 is 2.07. The lowest BCUT2D eigenvalue weighted by atomic mass is 10.1. The molecule has 2 aromatic heterocycles. The summed E-state index contributed by atoms with van der Waals surface area (Å²) in [5, 5.41) is 0.925. The van der Waals surface area contributed by atoms with Crippen molar-refractivity contribution in [2.45, 2.75) is 25.8 Å². The van der Waals surface area contributed by atoms with E-state index in [4.69, 9.17) is 0 Å². The van der Waals surface area contributed by atoms with Crippen molar-refractivity contribution in [2.75, 3.05) is 0 Å². The highest BCUT2D eigenvalue weighted by atomic mass is 16.1. The molecule has 2 heterocycles. The van der Waals surface area contributed by atoms with E-state index in [1.165, 1.54) is 36.0 Å². The molecule has 1 aliphatic carbocycles. The molecular formula is C18H16N2O. The van der Waals surface area contributed by atoms with Crippen LogP contribution in [0.2, 0.25) is 0 Å². The first-order chi connectivity index (χ1) is 10.3. The molecule has 0 atom stereocenters. The molecule has 0 saturated heterocycles. The van der Waals surface area contributed by atoms with Gasteiger partial charge in [0.25, 0.3) is 0 Å². The minimum Gasteiger partial charge on any atom is -0.327 e. The number of aldehydes is 1. The van der Waals surface area contributed by atoms with Gasteiger partial charge < -0.3 is 4.57 Å². The summed E-state index contributed by atoms with van der Waals surface area (Å²) in [5.74, 6) is 0. The average molecular weight is 276 g/mol. The molecule has 3 nitrogen and oxygen atoms in total. The quantitative estimate of drug-likeness (QED) is 0.687. The van der Waals surface area contributed by atoms with Crippen LogP contribution in [0.5, 0.6) is 0 Å². The number of carbonyl (C=O) groups is 1. The number of aryl methyl sites for hydroxylation is 2. The Hall–Kier alpha value is -2.42. The second-order valence-electron chi connectivity index (χ2n) is 5.66. The normalized spacial score (nSPS) is 13.5. The topological polar surface area (TPSA) is 34.9 Å². The summed E-state index contributed by atoms with van der Waals surface area (Å²) in [6.07, 6.45) is 8.24. The molecule has 1 aliphatic rings. The van der Waals surface area contributed by atoms with Crippen LogP contribution in [-0.4, -0.2) is 15.8 Å². The zero-order chi connectivity index (χ0) is 14.2. The molecule has 0 bridgehead atoms. The number of nitrogens with zero attached hydrogens (tertiary/aromatic N) is 2. The highest BCUT2D eigenvalue weighted by Crippen LogP contribution is 2.24. The number of fused-ring (bicyclic) bond motifs is 2. The number of benzene rings is 1. The van der Waals surface area contributed by atoms with Gasteiger partial charge in [-0.1, -0.05) is 18.2 Å². The van der Waals surface area contributed by atoms with Crippen molar-refractivity contribution >= 4 is 17.3 Å². The molecule has 0 unspecified atom stereocenters. The Bertz CT molecular complexity index is 832. The first-order valence-corrected chi connectivity index (χ1v) is 7.35. The van der Waals surface area contributed by atoms with Gasteiger partial charge in [-0.05, 0) is 48.1 Å². The van der Waals surface area contributed by atoms with E-state index in [1.54, 1.807) is 6.20 Å². The van der Waals surface area contributed by atoms with Crippen LogP contribution in [0.25, 0.3) is 11.0 Å². The number of hydrogen-bond donors (Lipinski definition) is 0. The highest BCUT2D eigenvalue weighted by Gasteiger charge is 2.12. The zero-order valence-electron chi connectivity index (χ0n) is 11.7. The molecular weight excluding hydrogens is 260 g/mol. The molecule has 0 radical (unpaired) electrons. The number of aromatic nitrogens is 2. The molecule has 0 fully saturated rings. The van der Waals surface area contributed by atoms with E-state index in [1.807, 2.05) is 18.3 Å². The lowest BCUT2D eigenvalue weighted by molar-refractivity contribution is 0.112. The molecule has 0 saturated carbocycles. The van der Waals surface area contributed by atoms with Crippen molar-refractivity contribution < 1.29 is 4.79 Å². The maximum atomic E-state index is 11.2. The van der Waals surface area contributed by atoms with E-state index in [9.17, 15) is 4.79 Å². The molecule has 3 aromatic rings. The summed E-state index contributed by atoms with van der Waals surface area (Å²) in [7, 11) is 0. The van der Waals surface area contributed by atoms with Crippen LogP contribution < -0.4 is 0 Å². The van der Waals surface area contributed by atoms with Crippen molar-refractivity contribution in [1.29, 1.82) is 0 Å². The molecule has 0 spiro atoms. The van der Waals surface area contributed by atoms with Crippen molar-refractivity contribution in [2.24, 2.45) is 0 Å². The fourth-order valence-electron chi connectivity index (χ4n) is 3.28. The van der Waals surface area contributed by atoms with Crippen molar-refractivity contribution in [3.63, 3.8) is 0 Å². The summed E-state index contributed by atoms with van der Waals surface area (Å²) in [5.41, 5.74) is 5.82. The van der Waals surface area contributed by atoms with Gasteiger partial charge in [0.1, 0.15) is 5.65 Å². The first-order valence-electron chi connectivity index (χ1n) is 7.35. The van der Waals surface area contributed by atoms with Gasteiger partial charge in [-0.25, -0.2) is 4.98 Å². The molecule has 3 heteroatoms. The predicted octanol–water partition coefficient (Wildman–Crippen LogP) is 3.39. The Morgan fingerprint density at radius 1 is 1.19 bits per heavy atom. The molecule has 104 valence electrons. The number of carbonyl (C=O) groups excluding carboxylic acids is 1. The molecule has 1 aromatic carbocycles. The second kappa shape index (κ2) is 4.85. The van der Waals surface area contributed by atoms with Gasteiger partial charge in [-0.15, -0.1) is 0 Å². The van der Waals surface area contributed by atoms with E-state index >= 15 is 0 Å². The van der Waals surface area contributed by atoms with Crippen LogP contribution >= 0.6 is 0 Å². The van der Waals surface area contributed by atoms with Crippen LogP contribution in [-0.2, 0) is 19.4 Å². The summed E-state index contributed by atoms with van der Waals surface area (Å²) in [6.45, 7) is 0.759. The third kappa shape index (κ3) is 2.05. The van der Waals surface area contributed by atoms with Crippen LogP contribution in [0.3, 0.4) is 0 Å². The van der Waals surface area contributed by atoms with Crippen LogP contribution in [0, 0.1) is 0 Å². The van der Waals surface area contributed by atoms with Gasteiger partial charge in [0.2, 0.25) is 0 Å². The Morgan fingerprint density at radius 3 is 3.00 bits per heavy atom. The number of hydrogen-bond acceptors (Lipinski definition) is 2.